The largest absolute Gasteiger partial charge is 0.480 e. The van der Waals surface area contributed by atoms with Crippen LogP contribution in [0.2, 0.25) is 5.02 Å². The number of pyridine rings is 1. The van der Waals surface area contributed by atoms with Crippen molar-refractivity contribution in [2.24, 2.45) is 0 Å². The molecule has 3 aromatic rings. The van der Waals surface area contributed by atoms with Crippen molar-refractivity contribution in [2.45, 2.75) is 25.8 Å². The third kappa shape index (κ3) is 3.70. The molecule has 29 heavy (non-hydrogen) atoms. The summed E-state index contributed by atoms with van der Waals surface area (Å²) in [6, 6.07) is 8.90. The number of aliphatic carboxylic acids is 1. The molecule has 7 heteroatoms. The standard InChI is InChI=1S/C22H25ClN2O4/c1-22(2,12-29-5)13-6-7-14-17(10-13)25(11-18(26)27)19-15(21(14)28)8-9-16(23)20(19)24(3)4/h6-10H,11-12H2,1-5H3,(H,26,27). The summed E-state index contributed by atoms with van der Waals surface area (Å²) >= 11 is 6.43. The van der Waals surface area contributed by atoms with Crippen LogP contribution in [0.5, 0.6) is 0 Å². The molecule has 0 amide bonds. The first-order chi connectivity index (χ1) is 13.6. The van der Waals surface area contributed by atoms with Gasteiger partial charge in [-0.3, -0.25) is 9.59 Å². The molecule has 0 aliphatic heterocycles. The number of nitrogens with zero attached hydrogens (tertiary/aromatic N) is 2. The fourth-order valence-electron chi connectivity index (χ4n) is 3.81. The lowest BCUT2D eigenvalue weighted by Crippen LogP contribution is -2.24. The van der Waals surface area contributed by atoms with Gasteiger partial charge in [-0.2, -0.15) is 0 Å². The average Bonchev–Trinajstić information content (AvgIpc) is 2.63. The van der Waals surface area contributed by atoms with E-state index in [1.807, 2.05) is 40.1 Å². The quantitative estimate of drug-likeness (QED) is 0.617. The monoisotopic (exact) mass is 416 g/mol. The highest BCUT2D eigenvalue weighted by molar-refractivity contribution is 6.35. The van der Waals surface area contributed by atoms with E-state index in [2.05, 4.69) is 0 Å². The summed E-state index contributed by atoms with van der Waals surface area (Å²) in [5.41, 5.74) is 2.21. The average molecular weight is 417 g/mol. The van der Waals surface area contributed by atoms with E-state index in [1.54, 1.807) is 34.8 Å². The molecule has 2 aromatic carbocycles. The molecule has 0 radical (unpaired) electrons. The van der Waals surface area contributed by atoms with Gasteiger partial charge in [0.05, 0.1) is 28.4 Å². The Morgan fingerprint density at radius 1 is 1.21 bits per heavy atom. The molecule has 0 bridgehead atoms. The molecule has 1 aromatic heterocycles. The summed E-state index contributed by atoms with van der Waals surface area (Å²) in [5, 5.41) is 11.0. The molecule has 3 rings (SSSR count). The number of anilines is 1. The van der Waals surface area contributed by atoms with Gasteiger partial charge >= 0.3 is 5.97 Å². The van der Waals surface area contributed by atoms with Gasteiger partial charge in [0.2, 0.25) is 0 Å². The van der Waals surface area contributed by atoms with E-state index in [0.717, 1.165) is 5.56 Å². The first-order valence-electron chi connectivity index (χ1n) is 9.26. The second-order valence-electron chi connectivity index (χ2n) is 8.04. The Morgan fingerprint density at radius 3 is 2.45 bits per heavy atom. The normalized spacial score (nSPS) is 11.9. The predicted molar refractivity (Wildman–Crippen MR) is 118 cm³/mol. The maximum Gasteiger partial charge on any atom is 0.323 e. The lowest BCUT2D eigenvalue weighted by molar-refractivity contribution is -0.137. The summed E-state index contributed by atoms with van der Waals surface area (Å²) in [6.07, 6.45) is 0. The molecule has 0 aliphatic carbocycles. The highest BCUT2D eigenvalue weighted by Crippen LogP contribution is 2.35. The number of carboxylic acid groups (broad SMARTS) is 1. The summed E-state index contributed by atoms with van der Waals surface area (Å²) in [6.45, 7) is 4.29. The number of aromatic nitrogens is 1. The molecule has 0 fully saturated rings. The smallest absolute Gasteiger partial charge is 0.323 e. The van der Waals surface area contributed by atoms with Crippen molar-refractivity contribution in [3.8, 4) is 0 Å². The van der Waals surface area contributed by atoms with Crippen LogP contribution in [-0.4, -0.2) is 43.5 Å². The van der Waals surface area contributed by atoms with Gasteiger partial charge in [0.15, 0.2) is 5.43 Å². The lowest BCUT2D eigenvalue weighted by Gasteiger charge is -2.26. The Bertz CT molecular complexity index is 1170. The Morgan fingerprint density at radius 2 is 1.86 bits per heavy atom. The number of ether oxygens (including phenoxy) is 1. The SMILES string of the molecule is COCC(C)(C)c1ccc2c(=O)c3ccc(Cl)c(N(C)C)c3n(CC(=O)O)c2c1. The van der Waals surface area contributed by atoms with Crippen LogP contribution in [0.15, 0.2) is 35.1 Å². The number of fused-ring (bicyclic) bond motifs is 2. The summed E-state index contributed by atoms with van der Waals surface area (Å²) in [4.78, 5) is 26.8. The van der Waals surface area contributed by atoms with Crippen molar-refractivity contribution in [1.82, 2.24) is 4.57 Å². The predicted octanol–water partition coefficient (Wildman–Crippen LogP) is 3.88. The van der Waals surface area contributed by atoms with Gasteiger partial charge in [-0.15, -0.1) is 0 Å². The van der Waals surface area contributed by atoms with Crippen molar-refractivity contribution in [3.05, 3.63) is 51.1 Å². The Balaban J connectivity index is 2.53. The van der Waals surface area contributed by atoms with Crippen LogP contribution >= 0.6 is 11.6 Å². The topological polar surface area (TPSA) is 71.8 Å². The van der Waals surface area contributed by atoms with Crippen LogP contribution < -0.4 is 10.3 Å². The van der Waals surface area contributed by atoms with E-state index in [-0.39, 0.29) is 17.4 Å². The first kappa shape index (κ1) is 21.1. The van der Waals surface area contributed by atoms with Crippen molar-refractivity contribution in [1.29, 1.82) is 0 Å². The molecule has 1 N–H and O–H groups in total. The number of rotatable bonds is 6. The van der Waals surface area contributed by atoms with Gasteiger partial charge in [-0.1, -0.05) is 31.5 Å². The minimum atomic E-state index is -0.998. The third-order valence-corrected chi connectivity index (χ3v) is 5.48. The fraction of sp³-hybridized carbons (Fsp3) is 0.364. The van der Waals surface area contributed by atoms with Crippen molar-refractivity contribution < 1.29 is 14.6 Å². The molecule has 0 unspecified atom stereocenters. The van der Waals surface area contributed by atoms with Crippen LogP contribution in [0.4, 0.5) is 5.69 Å². The summed E-state index contributed by atoms with van der Waals surface area (Å²) in [7, 11) is 5.28. The lowest BCUT2D eigenvalue weighted by atomic mass is 9.85. The van der Waals surface area contributed by atoms with E-state index in [9.17, 15) is 14.7 Å². The highest BCUT2D eigenvalue weighted by atomic mass is 35.5. The number of benzene rings is 2. The van der Waals surface area contributed by atoms with Gasteiger partial charge in [0.25, 0.3) is 0 Å². The highest BCUT2D eigenvalue weighted by Gasteiger charge is 2.24. The van der Waals surface area contributed by atoms with Crippen molar-refractivity contribution in [3.63, 3.8) is 0 Å². The van der Waals surface area contributed by atoms with Gasteiger partial charge in [-0.25, -0.2) is 0 Å². The Kier molecular flexibility index (Phi) is 5.61. The minimum absolute atomic E-state index is 0.146. The zero-order valence-corrected chi connectivity index (χ0v) is 18.0. The second kappa shape index (κ2) is 7.69. The van der Waals surface area contributed by atoms with E-state index in [4.69, 9.17) is 16.3 Å². The van der Waals surface area contributed by atoms with Crippen molar-refractivity contribution in [2.75, 3.05) is 32.7 Å². The van der Waals surface area contributed by atoms with Crippen LogP contribution in [-0.2, 0) is 21.5 Å². The van der Waals surface area contributed by atoms with Crippen molar-refractivity contribution >= 4 is 45.1 Å². The van der Waals surface area contributed by atoms with Crippen LogP contribution in [0.3, 0.4) is 0 Å². The number of hydrogen-bond acceptors (Lipinski definition) is 4. The summed E-state index contributed by atoms with van der Waals surface area (Å²) < 4.78 is 7.01. The first-order valence-corrected chi connectivity index (χ1v) is 9.63. The zero-order valence-electron chi connectivity index (χ0n) is 17.2. The number of methoxy groups -OCH3 is 1. The van der Waals surface area contributed by atoms with E-state index >= 15 is 0 Å². The van der Waals surface area contributed by atoms with E-state index in [0.29, 0.717) is 39.1 Å². The molecular weight excluding hydrogens is 392 g/mol. The molecule has 0 aliphatic rings. The van der Waals surface area contributed by atoms with Gasteiger partial charge in [-0.05, 0) is 29.8 Å². The summed E-state index contributed by atoms with van der Waals surface area (Å²) in [5.74, 6) is -0.998. The molecule has 0 atom stereocenters. The molecule has 0 saturated heterocycles. The second-order valence-corrected chi connectivity index (χ2v) is 8.45. The van der Waals surface area contributed by atoms with Gasteiger partial charge in [0, 0.05) is 37.4 Å². The maximum atomic E-state index is 13.3. The Hall–Kier alpha value is -2.57. The third-order valence-electron chi connectivity index (χ3n) is 5.18. The number of carbonyl (C=O) groups is 1. The minimum Gasteiger partial charge on any atom is -0.480 e. The van der Waals surface area contributed by atoms with E-state index < -0.39 is 5.97 Å². The maximum absolute atomic E-state index is 13.3. The molecule has 0 spiro atoms. The van der Waals surface area contributed by atoms with Gasteiger partial charge < -0.3 is 19.3 Å². The zero-order chi connectivity index (χ0) is 21.5. The Labute approximate surface area is 174 Å². The molecule has 0 saturated carbocycles. The van der Waals surface area contributed by atoms with Crippen LogP contribution in [0.1, 0.15) is 19.4 Å². The van der Waals surface area contributed by atoms with Crippen LogP contribution in [0, 0.1) is 0 Å². The van der Waals surface area contributed by atoms with Gasteiger partial charge in [0.1, 0.15) is 6.54 Å². The molecule has 6 nitrogen and oxygen atoms in total. The number of halogens is 1. The number of hydrogen-bond donors (Lipinski definition) is 1. The molecular formula is C22H25ClN2O4. The number of carboxylic acids is 1. The molecule has 1 heterocycles. The van der Waals surface area contributed by atoms with Crippen LogP contribution in [0.25, 0.3) is 21.8 Å². The van der Waals surface area contributed by atoms with E-state index in [1.165, 1.54) is 0 Å². The molecule has 154 valence electrons. The fourth-order valence-corrected chi connectivity index (χ4v) is 4.14.